The van der Waals surface area contributed by atoms with Crippen molar-refractivity contribution in [2.75, 3.05) is 20.8 Å². The number of hydrogen-bond acceptors (Lipinski definition) is 3. The minimum atomic E-state index is 0.312. The van der Waals surface area contributed by atoms with Crippen molar-refractivity contribution < 1.29 is 9.47 Å². The maximum atomic E-state index is 5.69. The number of methoxy groups -OCH3 is 1. The van der Waals surface area contributed by atoms with Gasteiger partial charge in [-0.3, -0.25) is 0 Å². The Balaban J connectivity index is 2.03. The molecule has 1 aliphatic heterocycles. The van der Waals surface area contributed by atoms with E-state index >= 15 is 0 Å². The molecular formula is C15H22BrNO2. The van der Waals surface area contributed by atoms with Crippen molar-refractivity contribution in [1.29, 1.82) is 0 Å². The average Bonchev–Trinajstić information content (AvgIpc) is 2.93. The van der Waals surface area contributed by atoms with Gasteiger partial charge in [0.1, 0.15) is 5.75 Å². The summed E-state index contributed by atoms with van der Waals surface area (Å²) < 4.78 is 12.2. The second-order valence-corrected chi connectivity index (χ2v) is 5.86. The van der Waals surface area contributed by atoms with Gasteiger partial charge in [-0.1, -0.05) is 22.0 Å². The van der Waals surface area contributed by atoms with E-state index in [0.717, 1.165) is 29.7 Å². The van der Waals surface area contributed by atoms with Crippen molar-refractivity contribution in [2.24, 2.45) is 0 Å². The monoisotopic (exact) mass is 327 g/mol. The predicted molar refractivity (Wildman–Crippen MR) is 80.7 cm³/mol. The van der Waals surface area contributed by atoms with Crippen LogP contribution in [-0.2, 0) is 4.74 Å². The molecule has 1 saturated heterocycles. The molecule has 19 heavy (non-hydrogen) atoms. The number of ether oxygens (including phenoxy) is 2. The van der Waals surface area contributed by atoms with Crippen molar-refractivity contribution in [3.63, 3.8) is 0 Å². The van der Waals surface area contributed by atoms with E-state index in [4.69, 9.17) is 9.47 Å². The molecule has 3 nitrogen and oxygen atoms in total. The molecule has 1 fully saturated rings. The van der Waals surface area contributed by atoms with Crippen molar-refractivity contribution in [3.05, 3.63) is 28.2 Å². The highest BCUT2D eigenvalue weighted by Gasteiger charge is 2.20. The molecule has 4 heteroatoms. The lowest BCUT2D eigenvalue weighted by Gasteiger charge is -2.21. The van der Waals surface area contributed by atoms with Crippen molar-refractivity contribution >= 4 is 15.9 Å². The Morgan fingerprint density at radius 3 is 3.00 bits per heavy atom. The zero-order chi connectivity index (χ0) is 13.7. The predicted octanol–water partition coefficient (Wildman–Crippen LogP) is 3.68. The van der Waals surface area contributed by atoms with Gasteiger partial charge in [0.2, 0.25) is 0 Å². The number of hydrogen-bond donors (Lipinski definition) is 1. The molecule has 1 heterocycles. The standard InChI is InChI=1S/C15H22BrNO2/c1-17-14(8-6-12-4-3-9-19-12)13-7-5-11(16)10-15(13)18-2/h5,7,10,12,14,17H,3-4,6,8-9H2,1-2H3. The third-order valence-corrected chi connectivity index (χ3v) is 4.21. The number of nitrogens with one attached hydrogen (secondary N) is 1. The van der Waals surface area contributed by atoms with Crippen molar-refractivity contribution in [3.8, 4) is 5.75 Å². The van der Waals surface area contributed by atoms with Gasteiger partial charge in [-0.2, -0.15) is 0 Å². The van der Waals surface area contributed by atoms with Gasteiger partial charge in [0, 0.05) is 22.7 Å². The van der Waals surface area contributed by atoms with E-state index < -0.39 is 0 Å². The normalized spacial score (nSPS) is 20.5. The minimum Gasteiger partial charge on any atom is -0.496 e. The molecule has 1 aromatic rings. The van der Waals surface area contributed by atoms with E-state index in [2.05, 4.69) is 33.4 Å². The van der Waals surface area contributed by atoms with Gasteiger partial charge in [0.05, 0.1) is 13.2 Å². The van der Waals surface area contributed by atoms with Crippen LogP contribution < -0.4 is 10.1 Å². The lowest BCUT2D eigenvalue weighted by Crippen LogP contribution is -2.19. The molecular weight excluding hydrogens is 306 g/mol. The molecule has 2 unspecified atom stereocenters. The Hall–Kier alpha value is -0.580. The molecule has 0 bridgehead atoms. The van der Waals surface area contributed by atoms with Crippen LogP contribution in [0.1, 0.15) is 37.3 Å². The van der Waals surface area contributed by atoms with E-state index in [1.54, 1.807) is 7.11 Å². The van der Waals surface area contributed by atoms with E-state index in [1.165, 1.54) is 18.4 Å². The summed E-state index contributed by atoms with van der Waals surface area (Å²) in [5.74, 6) is 0.932. The third-order valence-electron chi connectivity index (χ3n) is 3.72. The largest absolute Gasteiger partial charge is 0.496 e. The molecule has 0 aromatic heterocycles. The zero-order valence-electron chi connectivity index (χ0n) is 11.6. The molecule has 0 saturated carbocycles. The smallest absolute Gasteiger partial charge is 0.124 e. The maximum absolute atomic E-state index is 5.69. The van der Waals surface area contributed by atoms with Gasteiger partial charge in [-0.15, -0.1) is 0 Å². The number of benzene rings is 1. The summed E-state index contributed by atoms with van der Waals surface area (Å²) in [6, 6.07) is 6.52. The first-order valence-corrected chi connectivity index (χ1v) is 7.66. The Kier molecular flexibility index (Phi) is 5.67. The summed E-state index contributed by atoms with van der Waals surface area (Å²) in [6.45, 7) is 0.927. The summed E-state index contributed by atoms with van der Waals surface area (Å²) >= 11 is 3.48. The topological polar surface area (TPSA) is 30.5 Å². The second kappa shape index (κ2) is 7.27. The van der Waals surface area contributed by atoms with Gasteiger partial charge in [0.15, 0.2) is 0 Å². The molecule has 0 amide bonds. The lowest BCUT2D eigenvalue weighted by atomic mass is 9.98. The summed E-state index contributed by atoms with van der Waals surface area (Å²) in [6.07, 6.45) is 5.02. The van der Waals surface area contributed by atoms with Crippen molar-refractivity contribution in [2.45, 2.75) is 37.8 Å². The van der Waals surface area contributed by atoms with E-state index in [0.29, 0.717) is 12.1 Å². The SMILES string of the molecule is CNC(CCC1CCCO1)c1ccc(Br)cc1OC. The first kappa shape index (κ1) is 14.8. The van der Waals surface area contributed by atoms with Gasteiger partial charge in [-0.25, -0.2) is 0 Å². The highest BCUT2D eigenvalue weighted by molar-refractivity contribution is 9.10. The van der Waals surface area contributed by atoms with Crippen LogP contribution >= 0.6 is 15.9 Å². The fourth-order valence-corrected chi connectivity index (χ4v) is 2.99. The van der Waals surface area contributed by atoms with Gasteiger partial charge in [-0.05, 0) is 44.9 Å². The molecule has 0 aliphatic carbocycles. The molecule has 1 N–H and O–H groups in total. The van der Waals surface area contributed by atoms with Crippen LogP contribution in [0.15, 0.2) is 22.7 Å². The van der Waals surface area contributed by atoms with Gasteiger partial charge in [0.25, 0.3) is 0 Å². The van der Waals surface area contributed by atoms with Crippen molar-refractivity contribution in [1.82, 2.24) is 5.32 Å². The highest BCUT2D eigenvalue weighted by atomic mass is 79.9. The van der Waals surface area contributed by atoms with E-state index in [-0.39, 0.29) is 0 Å². The Labute approximate surface area is 123 Å². The first-order valence-electron chi connectivity index (χ1n) is 6.87. The van der Waals surface area contributed by atoms with Gasteiger partial charge < -0.3 is 14.8 Å². The minimum absolute atomic E-state index is 0.312. The quantitative estimate of drug-likeness (QED) is 0.864. The molecule has 106 valence electrons. The Morgan fingerprint density at radius 1 is 1.53 bits per heavy atom. The Morgan fingerprint density at radius 2 is 2.37 bits per heavy atom. The van der Waals surface area contributed by atoms with Crippen LogP contribution in [0.5, 0.6) is 5.75 Å². The fourth-order valence-electron chi connectivity index (χ4n) is 2.65. The molecule has 1 aliphatic rings. The molecule has 2 atom stereocenters. The van der Waals surface area contributed by atoms with Crippen LogP contribution in [0.4, 0.5) is 0 Å². The molecule has 0 spiro atoms. The third kappa shape index (κ3) is 3.94. The second-order valence-electron chi connectivity index (χ2n) is 4.94. The van der Waals surface area contributed by atoms with Gasteiger partial charge >= 0.3 is 0 Å². The van der Waals surface area contributed by atoms with E-state index in [9.17, 15) is 0 Å². The molecule has 1 aromatic carbocycles. The number of halogens is 1. The lowest BCUT2D eigenvalue weighted by molar-refractivity contribution is 0.0997. The maximum Gasteiger partial charge on any atom is 0.124 e. The Bertz CT molecular complexity index is 405. The summed E-state index contributed by atoms with van der Waals surface area (Å²) in [7, 11) is 3.72. The highest BCUT2D eigenvalue weighted by Crippen LogP contribution is 2.32. The van der Waals surface area contributed by atoms with Crippen LogP contribution in [0, 0.1) is 0 Å². The zero-order valence-corrected chi connectivity index (χ0v) is 13.2. The number of rotatable bonds is 6. The fraction of sp³-hybridized carbons (Fsp3) is 0.600. The van der Waals surface area contributed by atoms with Crippen LogP contribution in [0.3, 0.4) is 0 Å². The van der Waals surface area contributed by atoms with Crippen LogP contribution in [0.25, 0.3) is 0 Å². The first-order chi connectivity index (χ1) is 9.24. The average molecular weight is 328 g/mol. The van der Waals surface area contributed by atoms with Crippen LogP contribution in [0.2, 0.25) is 0 Å². The molecule has 2 rings (SSSR count). The summed E-state index contributed by atoms with van der Waals surface area (Å²) in [5, 5.41) is 3.39. The summed E-state index contributed by atoms with van der Waals surface area (Å²) in [4.78, 5) is 0. The summed E-state index contributed by atoms with van der Waals surface area (Å²) in [5.41, 5.74) is 1.21. The van der Waals surface area contributed by atoms with E-state index in [1.807, 2.05) is 13.1 Å². The van der Waals surface area contributed by atoms with Crippen LogP contribution in [-0.4, -0.2) is 26.9 Å². The molecule has 0 radical (unpaired) electrons.